The molecule has 2 aromatic heterocycles. The highest BCUT2D eigenvalue weighted by atomic mass is 19.3. The largest absolute Gasteiger partial charge is 0.367 e. The van der Waals surface area contributed by atoms with Gasteiger partial charge in [-0.25, -0.2) is 23.7 Å². The predicted octanol–water partition coefficient (Wildman–Crippen LogP) is 2.62. The van der Waals surface area contributed by atoms with Gasteiger partial charge in [0.25, 0.3) is 5.92 Å². The van der Waals surface area contributed by atoms with E-state index in [1.807, 2.05) is 4.57 Å². The standard InChI is InChI=1S/C13H15F2N5/c1-12(4-13(12,14)15)5-16-10-9-11(18-6-17-10)20(7-19-9)8-2-3-8/h6-8H,2-5H2,1H3,(H,16,17,18). The zero-order chi connectivity index (χ0) is 14.0. The first-order valence-electron chi connectivity index (χ1n) is 6.79. The molecule has 1 atom stereocenters. The summed E-state index contributed by atoms with van der Waals surface area (Å²) in [6.45, 7) is 1.78. The van der Waals surface area contributed by atoms with Crippen LogP contribution in [0.4, 0.5) is 14.6 Å². The van der Waals surface area contributed by atoms with E-state index < -0.39 is 11.3 Å². The van der Waals surface area contributed by atoms with Gasteiger partial charge < -0.3 is 9.88 Å². The normalized spacial score (nSPS) is 27.8. The maximum atomic E-state index is 13.2. The third kappa shape index (κ3) is 1.68. The van der Waals surface area contributed by atoms with Gasteiger partial charge in [0.15, 0.2) is 11.5 Å². The van der Waals surface area contributed by atoms with Gasteiger partial charge in [-0.2, -0.15) is 0 Å². The Morgan fingerprint density at radius 3 is 2.75 bits per heavy atom. The molecular formula is C13H15F2N5. The lowest BCUT2D eigenvalue weighted by atomic mass is 10.1. The van der Waals surface area contributed by atoms with Crippen LogP contribution in [0.25, 0.3) is 11.2 Å². The summed E-state index contributed by atoms with van der Waals surface area (Å²) in [4.78, 5) is 12.7. The van der Waals surface area contributed by atoms with Crippen molar-refractivity contribution in [1.82, 2.24) is 19.5 Å². The van der Waals surface area contributed by atoms with Gasteiger partial charge >= 0.3 is 0 Å². The Kier molecular flexibility index (Phi) is 2.19. The first-order chi connectivity index (χ1) is 9.50. The molecule has 0 bridgehead atoms. The van der Waals surface area contributed by atoms with E-state index in [1.54, 1.807) is 13.3 Å². The molecule has 0 amide bonds. The number of nitrogens with one attached hydrogen (secondary N) is 1. The fourth-order valence-corrected chi connectivity index (χ4v) is 2.52. The highest BCUT2D eigenvalue weighted by Crippen LogP contribution is 2.60. The van der Waals surface area contributed by atoms with Crippen molar-refractivity contribution in [3.8, 4) is 0 Å². The number of fused-ring (bicyclic) bond motifs is 1. The van der Waals surface area contributed by atoms with Crippen molar-refractivity contribution >= 4 is 17.0 Å². The Labute approximate surface area is 114 Å². The number of imidazole rings is 1. The number of anilines is 1. The molecule has 2 heterocycles. The van der Waals surface area contributed by atoms with E-state index in [-0.39, 0.29) is 13.0 Å². The molecule has 2 saturated carbocycles. The molecule has 2 aromatic rings. The van der Waals surface area contributed by atoms with Crippen LogP contribution in [-0.2, 0) is 0 Å². The third-order valence-electron chi connectivity index (χ3n) is 4.32. The van der Waals surface area contributed by atoms with Crippen LogP contribution in [0.15, 0.2) is 12.7 Å². The van der Waals surface area contributed by atoms with Crippen LogP contribution in [0.3, 0.4) is 0 Å². The Morgan fingerprint density at radius 2 is 2.10 bits per heavy atom. The van der Waals surface area contributed by atoms with Gasteiger partial charge in [-0.15, -0.1) is 0 Å². The summed E-state index contributed by atoms with van der Waals surface area (Å²) in [5.74, 6) is -2.03. The Balaban J connectivity index is 1.60. The Hall–Kier alpha value is -1.79. The summed E-state index contributed by atoms with van der Waals surface area (Å²) in [6.07, 6.45) is 5.43. The van der Waals surface area contributed by atoms with E-state index in [0.717, 1.165) is 18.5 Å². The number of nitrogens with zero attached hydrogens (tertiary/aromatic N) is 4. The third-order valence-corrected chi connectivity index (χ3v) is 4.32. The molecule has 1 N–H and O–H groups in total. The molecule has 2 aliphatic rings. The first-order valence-corrected chi connectivity index (χ1v) is 6.79. The number of hydrogen-bond donors (Lipinski definition) is 1. The monoisotopic (exact) mass is 279 g/mol. The van der Waals surface area contributed by atoms with Crippen molar-refractivity contribution < 1.29 is 8.78 Å². The first kappa shape index (κ1) is 12.0. The average Bonchev–Trinajstić information content (AvgIpc) is 3.26. The summed E-state index contributed by atoms with van der Waals surface area (Å²) in [7, 11) is 0. The van der Waals surface area contributed by atoms with Gasteiger partial charge in [-0.05, 0) is 12.8 Å². The van der Waals surface area contributed by atoms with Crippen LogP contribution < -0.4 is 5.32 Å². The van der Waals surface area contributed by atoms with Crippen molar-refractivity contribution in [2.24, 2.45) is 5.41 Å². The minimum Gasteiger partial charge on any atom is -0.367 e. The minimum atomic E-state index is -2.57. The van der Waals surface area contributed by atoms with E-state index in [1.165, 1.54) is 6.33 Å². The highest BCUT2D eigenvalue weighted by molar-refractivity contribution is 5.82. The lowest BCUT2D eigenvalue weighted by molar-refractivity contribution is 0.0742. The van der Waals surface area contributed by atoms with Crippen molar-refractivity contribution in [1.29, 1.82) is 0 Å². The van der Waals surface area contributed by atoms with Gasteiger partial charge in [0, 0.05) is 19.0 Å². The summed E-state index contributed by atoms with van der Waals surface area (Å²) < 4.78 is 28.5. The number of alkyl halides is 2. The number of rotatable bonds is 4. The lowest BCUT2D eigenvalue weighted by Crippen LogP contribution is -2.19. The molecule has 20 heavy (non-hydrogen) atoms. The molecule has 4 rings (SSSR count). The number of halogens is 2. The topological polar surface area (TPSA) is 55.6 Å². The molecule has 5 nitrogen and oxygen atoms in total. The SMILES string of the molecule is CC1(CNc2ncnc3c2ncn3C2CC2)CC1(F)F. The summed E-state index contributed by atoms with van der Waals surface area (Å²) in [5, 5.41) is 3.01. The summed E-state index contributed by atoms with van der Waals surface area (Å²) >= 11 is 0. The fraction of sp³-hybridized carbons (Fsp3) is 0.615. The zero-order valence-electron chi connectivity index (χ0n) is 11.1. The van der Waals surface area contributed by atoms with Gasteiger partial charge in [0.2, 0.25) is 0 Å². The Bertz CT molecular complexity index is 678. The van der Waals surface area contributed by atoms with Crippen LogP contribution in [0.5, 0.6) is 0 Å². The van der Waals surface area contributed by atoms with Gasteiger partial charge in [0.05, 0.1) is 11.7 Å². The van der Waals surface area contributed by atoms with E-state index in [4.69, 9.17) is 0 Å². The summed E-state index contributed by atoms with van der Waals surface area (Å²) in [6, 6.07) is 0.480. The molecule has 0 aromatic carbocycles. The van der Waals surface area contributed by atoms with E-state index in [9.17, 15) is 8.78 Å². The number of hydrogen-bond acceptors (Lipinski definition) is 4. The maximum absolute atomic E-state index is 13.2. The number of aromatic nitrogens is 4. The van der Waals surface area contributed by atoms with E-state index in [2.05, 4.69) is 20.3 Å². The molecule has 106 valence electrons. The zero-order valence-corrected chi connectivity index (χ0v) is 11.1. The predicted molar refractivity (Wildman–Crippen MR) is 69.8 cm³/mol. The van der Waals surface area contributed by atoms with E-state index in [0.29, 0.717) is 17.4 Å². The van der Waals surface area contributed by atoms with Crippen LogP contribution in [0, 0.1) is 5.41 Å². The van der Waals surface area contributed by atoms with Crippen LogP contribution in [-0.4, -0.2) is 32.0 Å². The molecule has 0 aliphatic heterocycles. The maximum Gasteiger partial charge on any atom is 0.256 e. The quantitative estimate of drug-likeness (QED) is 0.934. The second kappa shape index (κ2) is 3.65. The van der Waals surface area contributed by atoms with Crippen LogP contribution in [0.2, 0.25) is 0 Å². The van der Waals surface area contributed by atoms with Gasteiger partial charge in [-0.3, -0.25) is 0 Å². The van der Waals surface area contributed by atoms with Crippen molar-refractivity contribution in [2.75, 3.05) is 11.9 Å². The fourth-order valence-electron chi connectivity index (χ4n) is 2.52. The lowest BCUT2D eigenvalue weighted by Gasteiger charge is -2.12. The van der Waals surface area contributed by atoms with Crippen LogP contribution >= 0.6 is 0 Å². The van der Waals surface area contributed by atoms with Crippen molar-refractivity contribution in [3.05, 3.63) is 12.7 Å². The van der Waals surface area contributed by atoms with Crippen molar-refractivity contribution in [3.63, 3.8) is 0 Å². The molecule has 0 radical (unpaired) electrons. The van der Waals surface area contributed by atoms with Gasteiger partial charge in [0.1, 0.15) is 11.8 Å². The highest BCUT2D eigenvalue weighted by Gasteiger charge is 2.67. The second-order valence-electron chi connectivity index (χ2n) is 6.07. The Morgan fingerprint density at radius 1 is 1.35 bits per heavy atom. The molecular weight excluding hydrogens is 264 g/mol. The van der Waals surface area contributed by atoms with Crippen LogP contribution in [0.1, 0.15) is 32.2 Å². The smallest absolute Gasteiger partial charge is 0.256 e. The molecule has 1 unspecified atom stereocenters. The van der Waals surface area contributed by atoms with E-state index >= 15 is 0 Å². The molecule has 7 heteroatoms. The van der Waals surface area contributed by atoms with Gasteiger partial charge in [-0.1, -0.05) is 6.92 Å². The van der Waals surface area contributed by atoms with Crippen molar-refractivity contribution in [2.45, 2.75) is 38.2 Å². The molecule has 2 aliphatic carbocycles. The molecule has 2 fully saturated rings. The molecule has 0 saturated heterocycles. The molecule has 0 spiro atoms. The minimum absolute atomic E-state index is 0.0717. The second-order valence-corrected chi connectivity index (χ2v) is 6.07. The summed E-state index contributed by atoms with van der Waals surface area (Å²) in [5.41, 5.74) is 0.466. The average molecular weight is 279 g/mol.